The van der Waals surface area contributed by atoms with Gasteiger partial charge in [-0.15, -0.1) is 0 Å². The van der Waals surface area contributed by atoms with E-state index in [1.54, 1.807) is 6.07 Å². The van der Waals surface area contributed by atoms with Gasteiger partial charge in [-0.25, -0.2) is 0 Å². The lowest BCUT2D eigenvalue weighted by molar-refractivity contribution is -0.527. The zero-order chi connectivity index (χ0) is 4.41. The van der Waals surface area contributed by atoms with Crippen molar-refractivity contribution < 1.29 is 4.49 Å². The van der Waals surface area contributed by atoms with Gasteiger partial charge in [0, 0.05) is 11.9 Å². The van der Waals surface area contributed by atoms with E-state index in [2.05, 4.69) is 0 Å². The maximum atomic E-state index is 10.1. The molecule has 0 aliphatic carbocycles. The summed E-state index contributed by atoms with van der Waals surface area (Å²) >= 11 is 0. The lowest BCUT2D eigenvalue weighted by atomic mass is 10.8. The number of hydrogen-bond donors (Lipinski definition) is 0. The van der Waals surface area contributed by atoms with E-state index in [9.17, 15) is 5.21 Å². The molecule has 0 saturated heterocycles. The van der Waals surface area contributed by atoms with Crippen molar-refractivity contribution in [1.29, 1.82) is 0 Å². The first-order valence-electron chi connectivity index (χ1n) is 1.62. The smallest absolute Gasteiger partial charge is 0.182 e. The Kier molecular flexibility index (Phi) is 0.807. The molecule has 3 heteroatoms. The molecule has 0 N–H and O–H groups in total. The Morgan fingerprint density at radius 2 is 2.50 bits per heavy atom. The van der Waals surface area contributed by atoms with Crippen LogP contribution in [0.15, 0.2) is 18.1 Å². The third-order valence-electron chi connectivity index (χ3n) is 0.519. The van der Waals surface area contributed by atoms with Gasteiger partial charge in [0.2, 0.25) is 0 Å². The first kappa shape index (κ1) is 3.69. The van der Waals surface area contributed by atoms with Crippen LogP contribution in [0.4, 0.5) is 0 Å². The Morgan fingerprint density at radius 3 is 2.67 bits per heavy atom. The van der Waals surface area contributed by atoms with Gasteiger partial charge >= 0.3 is 0 Å². The van der Waals surface area contributed by atoms with Crippen molar-refractivity contribution in [2.24, 2.45) is 0 Å². The summed E-state index contributed by atoms with van der Waals surface area (Å²) in [5, 5.41) is 10.1. The van der Waals surface area contributed by atoms with Gasteiger partial charge in [0.05, 0.1) is 0 Å². The van der Waals surface area contributed by atoms with Gasteiger partial charge in [-0.1, -0.05) is 0 Å². The van der Waals surface area contributed by atoms with Gasteiger partial charge < -0.3 is 5.21 Å². The summed E-state index contributed by atoms with van der Waals surface area (Å²) in [5.74, 6) is 1.84. The molecule has 0 saturated carbocycles. The molecule has 1 heterocycles. The second-order valence-corrected chi connectivity index (χ2v) is 2.00. The van der Waals surface area contributed by atoms with Gasteiger partial charge in [-0.3, -0.25) is 0 Å². The highest BCUT2D eigenvalue weighted by Gasteiger charge is 1.76. The van der Waals surface area contributed by atoms with Gasteiger partial charge in [0.15, 0.2) is 6.20 Å². The van der Waals surface area contributed by atoms with E-state index in [1.807, 2.05) is 5.80 Å². The minimum absolute atomic E-state index is 0.324. The molecule has 1 unspecified atom stereocenters. The van der Waals surface area contributed by atoms with E-state index in [1.165, 1.54) is 6.20 Å². The molecule has 0 radical (unpaired) electrons. The molecule has 0 spiro atoms. The fourth-order valence-corrected chi connectivity index (χ4v) is 0.772. The summed E-state index contributed by atoms with van der Waals surface area (Å²) in [7, 11) is 0.324. The molecule has 0 bridgehead atoms. The van der Waals surface area contributed by atoms with Crippen LogP contribution in [0.3, 0.4) is 0 Å². The first-order valence-corrected chi connectivity index (χ1v) is 2.64. The number of rotatable bonds is 0. The second kappa shape index (κ2) is 1.31. The van der Waals surface area contributed by atoms with Crippen molar-refractivity contribution in [1.82, 2.24) is 0 Å². The molecule has 0 fully saturated rings. The maximum absolute atomic E-state index is 10.1. The third-order valence-corrected chi connectivity index (χ3v) is 1.26. The molecule has 0 amide bonds. The van der Waals surface area contributed by atoms with Crippen LogP contribution in [0.2, 0.25) is 0 Å². The van der Waals surface area contributed by atoms with Crippen LogP contribution in [0.5, 0.6) is 0 Å². The minimum atomic E-state index is 0.324. The van der Waals surface area contributed by atoms with Crippen LogP contribution >= 0.6 is 8.35 Å². The van der Waals surface area contributed by atoms with E-state index in [0.717, 1.165) is 4.49 Å². The van der Waals surface area contributed by atoms with Gasteiger partial charge in [0.25, 0.3) is 0 Å². The molecule has 1 atom stereocenters. The van der Waals surface area contributed by atoms with Crippen LogP contribution in [-0.2, 0) is 0 Å². The predicted octanol–water partition coefficient (Wildman–Crippen LogP) is 0.351. The van der Waals surface area contributed by atoms with Crippen molar-refractivity contribution in [2.75, 3.05) is 0 Å². The molecule has 1 aromatic rings. The molecule has 32 valence electrons. The zero-order valence-corrected chi connectivity index (χ0v) is 4.09. The Hall–Kier alpha value is -0.490. The molecule has 2 nitrogen and oxygen atoms in total. The normalized spacial score (nSPS) is 10.0. The average Bonchev–Trinajstić information content (AvgIpc) is 1.86. The standard InChI is InChI=1S/C3H4NOP/c5-4-2-1-3-6-4/h1-3,6H. The Bertz CT molecular complexity index is 114. The highest BCUT2D eigenvalue weighted by Crippen LogP contribution is 1.89. The van der Waals surface area contributed by atoms with Crippen LogP contribution < -0.4 is 4.49 Å². The van der Waals surface area contributed by atoms with Crippen molar-refractivity contribution >= 4 is 8.35 Å². The van der Waals surface area contributed by atoms with Gasteiger partial charge in [0.1, 0.15) is 8.35 Å². The van der Waals surface area contributed by atoms with E-state index in [0.29, 0.717) is 8.35 Å². The quantitative estimate of drug-likeness (QED) is 0.433. The average molecular weight is 101 g/mol. The fraction of sp³-hybridized carbons (Fsp3) is 0. The topological polar surface area (TPSA) is 26.9 Å². The molecule has 6 heavy (non-hydrogen) atoms. The van der Waals surface area contributed by atoms with Crippen molar-refractivity contribution in [3.05, 3.63) is 23.3 Å². The Labute approximate surface area is 37.2 Å². The molecule has 0 aliphatic heterocycles. The van der Waals surface area contributed by atoms with Crippen LogP contribution in [0, 0.1) is 5.21 Å². The SMILES string of the molecule is [O-][n+]1ccc[pH]1. The van der Waals surface area contributed by atoms with Crippen LogP contribution in [-0.4, -0.2) is 0 Å². The molecule has 1 rings (SSSR count). The summed E-state index contributed by atoms with van der Waals surface area (Å²) in [6, 6.07) is 1.76. The van der Waals surface area contributed by atoms with E-state index < -0.39 is 0 Å². The van der Waals surface area contributed by atoms with Crippen molar-refractivity contribution in [2.45, 2.75) is 0 Å². The number of aromatic nitrogens is 1. The van der Waals surface area contributed by atoms with Gasteiger partial charge in [-0.2, -0.15) is 4.49 Å². The third kappa shape index (κ3) is 0.522. The number of hydrogen-bond acceptors (Lipinski definition) is 1. The highest BCUT2D eigenvalue weighted by molar-refractivity contribution is 7.20. The molecule has 0 aliphatic rings. The summed E-state index contributed by atoms with van der Waals surface area (Å²) in [4.78, 5) is 0. The summed E-state index contributed by atoms with van der Waals surface area (Å²) in [6.07, 6.45) is 1.51. The largest absolute Gasteiger partial charge is 0.618 e. The van der Waals surface area contributed by atoms with Crippen LogP contribution in [0.25, 0.3) is 0 Å². The summed E-state index contributed by atoms with van der Waals surface area (Å²) in [6.45, 7) is 0. The molecule has 0 aromatic carbocycles. The van der Waals surface area contributed by atoms with E-state index in [4.69, 9.17) is 0 Å². The Balaban J connectivity index is 3.05. The van der Waals surface area contributed by atoms with Gasteiger partial charge in [-0.05, 0) is 0 Å². The second-order valence-electron chi connectivity index (χ2n) is 0.963. The molecular weight excluding hydrogens is 97.0 g/mol. The van der Waals surface area contributed by atoms with Crippen LogP contribution in [0.1, 0.15) is 0 Å². The fourth-order valence-electron chi connectivity index (χ4n) is 0.281. The van der Waals surface area contributed by atoms with E-state index >= 15 is 0 Å². The first-order chi connectivity index (χ1) is 2.89. The minimum Gasteiger partial charge on any atom is -0.618 e. The van der Waals surface area contributed by atoms with Crippen molar-refractivity contribution in [3.63, 3.8) is 0 Å². The van der Waals surface area contributed by atoms with E-state index in [-0.39, 0.29) is 0 Å². The highest BCUT2D eigenvalue weighted by atomic mass is 31.0. The summed E-state index contributed by atoms with van der Waals surface area (Å²) < 4.78 is 0.903. The summed E-state index contributed by atoms with van der Waals surface area (Å²) in [5.41, 5.74) is 0. The predicted molar refractivity (Wildman–Crippen MR) is 24.9 cm³/mol. The molecular formula is C3H4NOP. The monoisotopic (exact) mass is 101 g/mol. The maximum Gasteiger partial charge on any atom is 0.182 e. The van der Waals surface area contributed by atoms with Crippen molar-refractivity contribution in [3.8, 4) is 0 Å². The number of nitrogens with zero attached hydrogens (tertiary/aromatic N) is 1. The molecule has 1 aromatic heterocycles. The Morgan fingerprint density at radius 1 is 1.67 bits per heavy atom. The zero-order valence-electron chi connectivity index (χ0n) is 3.09. The lowest BCUT2D eigenvalue weighted by Gasteiger charge is -1.80. The lowest BCUT2D eigenvalue weighted by Crippen LogP contribution is -2.14.